The molecule has 1 aliphatic heterocycles. The van der Waals surface area contributed by atoms with Crippen molar-refractivity contribution in [1.29, 1.82) is 0 Å². The third kappa shape index (κ3) is 3.23. The second-order valence-electron chi connectivity index (χ2n) is 6.52. The summed E-state index contributed by atoms with van der Waals surface area (Å²) in [5, 5.41) is 11.1. The van der Waals surface area contributed by atoms with E-state index in [2.05, 4.69) is 15.6 Å². The van der Waals surface area contributed by atoms with Gasteiger partial charge in [-0.05, 0) is 46.0 Å². The summed E-state index contributed by atoms with van der Waals surface area (Å²) < 4.78 is 1.72. The van der Waals surface area contributed by atoms with Crippen LogP contribution >= 0.6 is 0 Å². The number of aromatic nitrogens is 3. The maximum Gasteiger partial charge on any atom is 0.273 e. The Kier molecular flexibility index (Phi) is 4.63. The van der Waals surface area contributed by atoms with Crippen molar-refractivity contribution in [1.82, 2.24) is 25.2 Å². The van der Waals surface area contributed by atoms with Crippen LogP contribution in [0.15, 0.2) is 0 Å². The third-order valence-corrected chi connectivity index (χ3v) is 5.03. The second kappa shape index (κ2) is 6.68. The van der Waals surface area contributed by atoms with Crippen molar-refractivity contribution in [2.24, 2.45) is 0 Å². The number of nitrogens with zero attached hydrogens (tertiary/aromatic N) is 4. The fraction of sp³-hybridized carbons (Fsp3) is 0.750. The summed E-state index contributed by atoms with van der Waals surface area (Å²) in [4.78, 5) is 26.4. The molecule has 7 heteroatoms. The van der Waals surface area contributed by atoms with Crippen LogP contribution in [0.5, 0.6) is 0 Å². The fourth-order valence-corrected chi connectivity index (χ4v) is 3.76. The number of aryl methyl sites for hydroxylation is 1. The van der Waals surface area contributed by atoms with Gasteiger partial charge in [-0.15, -0.1) is 5.10 Å². The van der Waals surface area contributed by atoms with Crippen molar-refractivity contribution < 1.29 is 9.59 Å². The van der Waals surface area contributed by atoms with Crippen molar-refractivity contribution in [3.05, 3.63) is 11.4 Å². The molecule has 7 nitrogen and oxygen atoms in total. The van der Waals surface area contributed by atoms with Crippen LogP contribution in [0.25, 0.3) is 0 Å². The Morgan fingerprint density at radius 3 is 2.83 bits per heavy atom. The summed E-state index contributed by atoms with van der Waals surface area (Å²) in [6.07, 6.45) is 5.53. The molecule has 2 unspecified atom stereocenters. The largest absolute Gasteiger partial charge is 0.348 e. The molecule has 0 radical (unpaired) electrons. The zero-order valence-corrected chi connectivity index (χ0v) is 13.9. The van der Waals surface area contributed by atoms with Gasteiger partial charge in [-0.1, -0.05) is 5.21 Å². The Hall–Kier alpha value is -1.92. The number of carbonyl (C=O) groups excluding carboxylic acids is 2. The predicted molar refractivity (Wildman–Crippen MR) is 84.9 cm³/mol. The first-order valence-corrected chi connectivity index (χ1v) is 8.60. The molecule has 1 aromatic heterocycles. The van der Waals surface area contributed by atoms with E-state index < -0.39 is 0 Å². The topological polar surface area (TPSA) is 80.1 Å². The number of nitrogens with one attached hydrogen (secondary N) is 1. The Bertz CT molecular complexity index is 597. The molecule has 1 aliphatic carbocycles. The summed E-state index contributed by atoms with van der Waals surface area (Å²) in [5.74, 6) is 0.115. The van der Waals surface area contributed by atoms with Crippen molar-refractivity contribution >= 4 is 11.8 Å². The maximum atomic E-state index is 12.4. The standard InChI is InChI=1S/C16H25N5O2/c1-3-21-11(2)15(18-19-21)16(23)17-12-6-4-7-13(10-12)20-9-5-8-14(20)22/h12-13H,3-10H2,1-2H3,(H,17,23). The van der Waals surface area contributed by atoms with Gasteiger partial charge in [0.25, 0.3) is 5.91 Å². The molecule has 2 fully saturated rings. The van der Waals surface area contributed by atoms with Gasteiger partial charge in [0, 0.05) is 31.6 Å². The molecular weight excluding hydrogens is 294 g/mol. The molecule has 126 valence electrons. The Morgan fingerprint density at radius 2 is 2.17 bits per heavy atom. The molecule has 2 heterocycles. The minimum atomic E-state index is -0.152. The van der Waals surface area contributed by atoms with Crippen LogP contribution in [0.1, 0.15) is 61.6 Å². The molecule has 1 N–H and O–H groups in total. The van der Waals surface area contributed by atoms with Gasteiger partial charge in [-0.3, -0.25) is 9.59 Å². The minimum Gasteiger partial charge on any atom is -0.348 e. The van der Waals surface area contributed by atoms with Crippen LogP contribution in [-0.2, 0) is 11.3 Å². The van der Waals surface area contributed by atoms with E-state index >= 15 is 0 Å². The van der Waals surface area contributed by atoms with Crippen LogP contribution < -0.4 is 5.32 Å². The molecule has 0 aromatic carbocycles. The number of likely N-dealkylation sites (tertiary alicyclic amines) is 1. The summed E-state index contributed by atoms with van der Waals surface area (Å²) in [7, 11) is 0. The van der Waals surface area contributed by atoms with Crippen LogP contribution in [0.2, 0.25) is 0 Å². The van der Waals surface area contributed by atoms with Crippen LogP contribution in [0.4, 0.5) is 0 Å². The van der Waals surface area contributed by atoms with Gasteiger partial charge in [-0.25, -0.2) is 4.68 Å². The second-order valence-corrected chi connectivity index (χ2v) is 6.52. The van der Waals surface area contributed by atoms with Gasteiger partial charge in [-0.2, -0.15) is 0 Å². The summed E-state index contributed by atoms with van der Waals surface area (Å²) >= 11 is 0. The normalized spacial score (nSPS) is 25.0. The van der Waals surface area contributed by atoms with Gasteiger partial charge >= 0.3 is 0 Å². The molecule has 0 bridgehead atoms. The first-order chi connectivity index (χ1) is 11.1. The number of hydrogen-bond donors (Lipinski definition) is 1. The number of carbonyl (C=O) groups is 2. The average molecular weight is 319 g/mol. The van der Waals surface area contributed by atoms with Gasteiger partial charge in [0.2, 0.25) is 5.91 Å². The molecule has 2 aliphatic rings. The van der Waals surface area contributed by atoms with Crippen LogP contribution in [0, 0.1) is 6.92 Å². The first kappa shape index (κ1) is 16.0. The summed E-state index contributed by atoms with van der Waals surface area (Å²) in [6.45, 7) is 5.41. The van der Waals surface area contributed by atoms with E-state index in [0.717, 1.165) is 44.3 Å². The maximum absolute atomic E-state index is 12.4. The predicted octanol–water partition coefficient (Wildman–Crippen LogP) is 1.27. The number of rotatable bonds is 4. The van der Waals surface area contributed by atoms with Crippen molar-refractivity contribution in [3.63, 3.8) is 0 Å². The van der Waals surface area contributed by atoms with E-state index in [1.54, 1.807) is 4.68 Å². The van der Waals surface area contributed by atoms with Gasteiger partial charge in [0.1, 0.15) is 0 Å². The van der Waals surface area contributed by atoms with Crippen LogP contribution in [0.3, 0.4) is 0 Å². The number of amides is 2. The Labute approximate surface area is 136 Å². The third-order valence-electron chi connectivity index (χ3n) is 5.03. The minimum absolute atomic E-state index is 0.112. The molecule has 2 amide bonds. The highest BCUT2D eigenvalue weighted by Crippen LogP contribution is 2.27. The van der Waals surface area contributed by atoms with E-state index in [9.17, 15) is 9.59 Å². The van der Waals surface area contributed by atoms with Crippen molar-refractivity contribution in [2.75, 3.05) is 6.54 Å². The van der Waals surface area contributed by atoms with Crippen LogP contribution in [-0.4, -0.2) is 50.3 Å². The molecule has 0 spiro atoms. The molecular formula is C16H25N5O2. The molecule has 3 rings (SSSR count). The van der Waals surface area contributed by atoms with E-state index in [4.69, 9.17) is 0 Å². The average Bonchev–Trinajstić information content (AvgIpc) is 3.13. The highest BCUT2D eigenvalue weighted by Gasteiger charge is 2.33. The zero-order valence-electron chi connectivity index (χ0n) is 13.9. The SMILES string of the molecule is CCn1nnc(C(=O)NC2CCCC(N3CCCC3=O)C2)c1C. The number of hydrogen-bond acceptors (Lipinski definition) is 4. The van der Waals surface area contributed by atoms with Crippen molar-refractivity contribution in [3.8, 4) is 0 Å². The lowest BCUT2D eigenvalue weighted by Crippen LogP contribution is -2.46. The molecule has 1 saturated heterocycles. The van der Waals surface area contributed by atoms with E-state index in [1.807, 2.05) is 18.7 Å². The van der Waals surface area contributed by atoms with E-state index in [0.29, 0.717) is 18.7 Å². The smallest absolute Gasteiger partial charge is 0.273 e. The summed E-state index contributed by atoms with van der Waals surface area (Å²) in [6, 6.07) is 0.386. The van der Waals surface area contributed by atoms with Gasteiger partial charge in [0.05, 0.1) is 5.69 Å². The lowest BCUT2D eigenvalue weighted by Gasteiger charge is -2.35. The highest BCUT2D eigenvalue weighted by atomic mass is 16.2. The quantitative estimate of drug-likeness (QED) is 0.906. The van der Waals surface area contributed by atoms with Gasteiger partial charge < -0.3 is 10.2 Å². The molecule has 1 saturated carbocycles. The Morgan fingerprint density at radius 1 is 1.35 bits per heavy atom. The van der Waals surface area contributed by atoms with E-state index in [1.165, 1.54) is 0 Å². The lowest BCUT2D eigenvalue weighted by molar-refractivity contribution is -0.130. The Balaban J connectivity index is 1.62. The monoisotopic (exact) mass is 319 g/mol. The zero-order chi connectivity index (χ0) is 16.4. The molecule has 23 heavy (non-hydrogen) atoms. The van der Waals surface area contributed by atoms with Crippen molar-refractivity contribution in [2.45, 2.75) is 71.0 Å². The lowest BCUT2D eigenvalue weighted by atomic mass is 9.90. The van der Waals surface area contributed by atoms with E-state index in [-0.39, 0.29) is 23.9 Å². The molecule has 2 atom stereocenters. The summed E-state index contributed by atoms with van der Waals surface area (Å²) in [5.41, 5.74) is 1.21. The molecule has 1 aromatic rings. The highest BCUT2D eigenvalue weighted by molar-refractivity contribution is 5.93. The van der Waals surface area contributed by atoms with Gasteiger partial charge in [0.15, 0.2) is 5.69 Å². The fourth-order valence-electron chi connectivity index (χ4n) is 3.76. The first-order valence-electron chi connectivity index (χ1n) is 8.60.